The number of halogens is 27. The summed E-state index contributed by atoms with van der Waals surface area (Å²) >= 11 is 0. The molecule has 0 aliphatic carbocycles. The van der Waals surface area contributed by atoms with E-state index in [0.717, 1.165) is 0 Å². The van der Waals surface area contributed by atoms with Crippen LogP contribution in [0.15, 0.2) is 317 Å². The lowest BCUT2D eigenvalue weighted by Crippen LogP contribution is -2.63. The Hall–Kier alpha value is -8.13. The maximum absolute atomic E-state index is 12.2. The Bertz CT molecular complexity index is 3850. The fourth-order valence-electron chi connectivity index (χ4n) is 7.79. The minimum atomic E-state index is -7.43. The van der Waals surface area contributed by atoms with E-state index in [9.17, 15) is 157 Å². The van der Waals surface area contributed by atoms with E-state index in [1.165, 1.54) is 44.1 Å². The monoisotopic (exact) mass is 1690 g/mol. The lowest BCUT2D eigenvalue weighted by molar-refractivity contribution is -0.382. The summed E-state index contributed by atoms with van der Waals surface area (Å²) < 4.78 is 406. The molecule has 0 saturated heterocycles. The molecule has 0 aliphatic rings. The highest BCUT2D eigenvalue weighted by molar-refractivity contribution is 7.97. The number of hydrogen-bond acceptors (Lipinski definition) is 9. The van der Waals surface area contributed by atoms with E-state index in [1.54, 1.807) is 0 Å². The highest BCUT2D eigenvalue weighted by Gasteiger charge is 2.86. The average Bonchev–Trinajstić information content (AvgIpc) is 0.738. The van der Waals surface area contributed by atoms with Crippen LogP contribution >= 0.6 is 0 Å². The van der Waals surface area contributed by atoms with Gasteiger partial charge in [-0.3, -0.25) is 0 Å². The van der Waals surface area contributed by atoms with Gasteiger partial charge in [0, 0.05) is 0 Å². The van der Waals surface area contributed by atoms with E-state index in [2.05, 4.69) is 273 Å². The molecule has 0 heterocycles. The van der Waals surface area contributed by atoms with E-state index in [4.69, 9.17) is 0 Å². The van der Waals surface area contributed by atoms with Crippen molar-refractivity contribution < 1.29 is 157 Å². The molecule has 9 aromatic carbocycles. The first kappa shape index (κ1) is 92.3. The van der Waals surface area contributed by atoms with Crippen molar-refractivity contribution >= 4 is 63.0 Å². The van der Waals surface area contributed by atoms with Crippen LogP contribution in [0.3, 0.4) is 0 Å². The third-order valence-corrected chi connectivity index (χ3v) is 22.4. The standard InChI is InChI=1S/3C18H15S.3C4HF9O3S/c3*1-4-10-16(11-5-1)19(17-12-6-2-7-13-17)18-14-8-3-9-15-18;3*5-1(6,3(9,10)11)2(7,8)4(12,13)17(14,15)16/h3*1-15H;3*(H,14,15,16)/q3*+1;;;/p-3. The molecule has 0 radical (unpaired) electrons. The molecule has 588 valence electrons. The summed E-state index contributed by atoms with van der Waals surface area (Å²) in [7, 11) is -22.3. The Balaban J connectivity index is 0.000000274. The second-order valence-corrected chi connectivity index (χ2v) is 30.9. The molecule has 42 heteroatoms. The Kier molecular flexibility index (Phi) is 30.5. The Morgan fingerprint density at radius 3 is 0.343 bits per heavy atom. The first-order valence-corrected chi connectivity index (χ1v) is 36.4. The largest absolute Gasteiger partial charge is 0.743 e. The van der Waals surface area contributed by atoms with Gasteiger partial charge in [-0.25, -0.2) is 25.3 Å². The average molecular weight is 1690 g/mol. The van der Waals surface area contributed by atoms with E-state index >= 15 is 0 Å². The molecule has 0 unspecified atom stereocenters. The van der Waals surface area contributed by atoms with Crippen LogP contribution < -0.4 is 0 Å². The summed E-state index contributed by atoms with van der Waals surface area (Å²) in [5.41, 5.74) is 0. The summed E-state index contributed by atoms with van der Waals surface area (Å²) in [4.78, 5) is 12.2. The summed E-state index contributed by atoms with van der Waals surface area (Å²) in [5, 5.41) is -21.3. The number of alkyl halides is 27. The molecule has 0 spiro atoms. The van der Waals surface area contributed by atoms with Gasteiger partial charge in [0.05, 0.1) is 32.7 Å². The summed E-state index contributed by atoms with van der Waals surface area (Å²) in [6.45, 7) is 0. The molecular formula is C66H45F27O9S6. The first-order valence-electron chi connectivity index (χ1n) is 28.5. The predicted octanol–water partition coefficient (Wildman–Crippen LogP) is 20.2. The van der Waals surface area contributed by atoms with E-state index < -0.39 is 100 Å². The molecule has 9 aromatic rings. The second-order valence-electron chi connectivity index (χ2n) is 20.6. The van der Waals surface area contributed by atoms with Gasteiger partial charge in [0.25, 0.3) is 0 Å². The van der Waals surface area contributed by atoms with Crippen molar-refractivity contribution in [2.75, 3.05) is 0 Å². The first-order chi connectivity index (χ1) is 49.3. The zero-order valence-electron chi connectivity index (χ0n) is 52.8. The molecule has 0 bridgehead atoms. The van der Waals surface area contributed by atoms with Gasteiger partial charge >= 0.3 is 69.8 Å². The van der Waals surface area contributed by atoms with Gasteiger partial charge in [-0.05, 0) is 109 Å². The van der Waals surface area contributed by atoms with Crippen molar-refractivity contribution in [2.45, 2.75) is 114 Å². The third-order valence-electron chi connectivity index (χ3n) is 13.1. The van der Waals surface area contributed by atoms with E-state index in [-0.39, 0.29) is 32.7 Å². The van der Waals surface area contributed by atoms with Crippen molar-refractivity contribution in [3.8, 4) is 0 Å². The summed E-state index contributed by atoms with van der Waals surface area (Å²) in [6, 6.07) is 96.5. The molecule has 0 N–H and O–H groups in total. The van der Waals surface area contributed by atoms with Crippen molar-refractivity contribution in [1.82, 2.24) is 0 Å². The van der Waals surface area contributed by atoms with Crippen LogP contribution in [0.25, 0.3) is 0 Å². The molecule has 108 heavy (non-hydrogen) atoms. The summed E-state index contributed by atoms with van der Waals surface area (Å²) in [5.74, 6) is -44.5. The van der Waals surface area contributed by atoms with Crippen molar-refractivity contribution in [3.05, 3.63) is 273 Å². The highest BCUT2D eigenvalue weighted by atomic mass is 32.2. The van der Waals surface area contributed by atoms with Gasteiger partial charge in [-0.2, -0.15) is 119 Å². The van der Waals surface area contributed by atoms with Crippen LogP contribution in [-0.2, 0) is 63.0 Å². The fourth-order valence-corrected chi connectivity index (χ4v) is 15.4. The molecule has 9 rings (SSSR count). The third kappa shape index (κ3) is 21.3. The number of benzene rings is 9. The minimum absolute atomic E-state index is 0.0146. The van der Waals surface area contributed by atoms with Crippen molar-refractivity contribution in [1.29, 1.82) is 0 Å². The van der Waals surface area contributed by atoms with Crippen LogP contribution in [0.2, 0.25) is 0 Å². The number of hydrogen-bond donors (Lipinski definition) is 0. The zero-order valence-corrected chi connectivity index (χ0v) is 57.7. The molecule has 0 aromatic heterocycles. The van der Waals surface area contributed by atoms with Crippen LogP contribution in [0.5, 0.6) is 0 Å². The topological polar surface area (TPSA) is 172 Å². The highest BCUT2D eigenvalue weighted by Crippen LogP contribution is 2.57. The Labute approximate surface area is 604 Å². The number of rotatable bonds is 18. The van der Waals surface area contributed by atoms with Gasteiger partial charge in [-0.1, -0.05) is 164 Å². The van der Waals surface area contributed by atoms with Gasteiger partial charge in [-0.15, -0.1) is 0 Å². The predicted molar refractivity (Wildman–Crippen MR) is 336 cm³/mol. The zero-order chi connectivity index (χ0) is 82.2. The van der Waals surface area contributed by atoms with Crippen LogP contribution in [0.4, 0.5) is 119 Å². The quantitative estimate of drug-likeness (QED) is 0.0460. The van der Waals surface area contributed by atoms with Gasteiger partial charge in [0.2, 0.25) is 0 Å². The Morgan fingerprint density at radius 2 is 0.269 bits per heavy atom. The van der Waals surface area contributed by atoms with E-state index in [1.807, 2.05) is 0 Å². The summed E-state index contributed by atoms with van der Waals surface area (Å²) in [6.07, 6.45) is -21.5. The van der Waals surface area contributed by atoms with Gasteiger partial charge in [0.15, 0.2) is 74.4 Å². The molecule has 0 aliphatic heterocycles. The molecule has 0 saturated carbocycles. The van der Waals surface area contributed by atoms with Crippen LogP contribution in [-0.4, -0.2) is 109 Å². The van der Waals surface area contributed by atoms with Crippen LogP contribution in [0, 0.1) is 0 Å². The lowest BCUT2D eigenvalue weighted by Gasteiger charge is -2.34. The SMILES string of the molecule is O=S(=O)([O-])C(F)(F)C(F)(F)C(F)(F)C(F)(F)F.O=S(=O)([O-])C(F)(F)C(F)(F)C(F)(F)C(F)(F)F.O=S(=O)([O-])C(F)(F)C(F)(F)C(F)(F)C(F)(F)F.c1ccc([S+](c2ccccc2)c2ccccc2)cc1.c1ccc([S+](c2ccccc2)c2ccccc2)cc1.c1ccc([S+](c2ccccc2)c2ccccc2)cc1. The maximum Gasteiger partial charge on any atom is 0.460 e. The maximum atomic E-state index is 12.2. The molecule has 9 nitrogen and oxygen atoms in total. The van der Waals surface area contributed by atoms with Gasteiger partial charge < -0.3 is 13.7 Å². The smallest absolute Gasteiger partial charge is 0.460 e. The lowest BCUT2D eigenvalue weighted by atomic mass is 10.1. The van der Waals surface area contributed by atoms with Crippen molar-refractivity contribution in [2.24, 2.45) is 0 Å². The van der Waals surface area contributed by atoms with Gasteiger partial charge in [0.1, 0.15) is 0 Å². The molecular weight excluding hydrogens is 1640 g/mol. The van der Waals surface area contributed by atoms with Crippen LogP contribution in [0.1, 0.15) is 0 Å². The Morgan fingerprint density at radius 1 is 0.176 bits per heavy atom. The molecule has 0 fully saturated rings. The molecule has 0 atom stereocenters. The fraction of sp³-hybridized carbons (Fsp3) is 0.182. The minimum Gasteiger partial charge on any atom is -0.743 e. The second kappa shape index (κ2) is 35.7. The van der Waals surface area contributed by atoms with Crippen molar-refractivity contribution in [3.63, 3.8) is 0 Å². The molecule has 0 amide bonds. The van der Waals surface area contributed by atoms with E-state index in [0.29, 0.717) is 0 Å². The normalized spacial score (nSPS) is 13.2.